The Kier molecular flexibility index (Phi) is 13.0. The molecular weight excluding hydrogens is 493 g/mol. The fraction of sp³-hybridized carbons (Fsp3) is 0.636. The number of carbonyl (C=O) groups is 1. The van der Waals surface area contributed by atoms with Crippen molar-refractivity contribution < 1.29 is 9.53 Å². The van der Waals surface area contributed by atoms with Crippen molar-refractivity contribution in [1.29, 1.82) is 0 Å². The molecule has 1 aliphatic rings. The highest BCUT2D eigenvalue weighted by Gasteiger charge is 2.21. The van der Waals surface area contributed by atoms with Crippen molar-refractivity contribution in [2.45, 2.75) is 26.7 Å². The van der Waals surface area contributed by atoms with Crippen LogP contribution in [0.15, 0.2) is 29.3 Å². The van der Waals surface area contributed by atoms with Crippen LogP contribution in [0.1, 0.15) is 30.9 Å². The fourth-order valence-electron chi connectivity index (χ4n) is 3.32. The van der Waals surface area contributed by atoms with Gasteiger partial charge in [-0.1, -0.05) is 36.8 Å². The highest BCUT2D eigenvalue weighted by molar-refractivity contribution is 14.0. The van der Waals surface area contributed by atoms with Crippen LogP contribution in [0.25, 0.3) is 0 Å². The Morgan fingerprint density at radius 1 is 1.17 bits per heavy atom. The average molecular weight is 531 g/mol. The van der Waals surface area contributed by atoms with E-state index in [-0.39, 0.29) is 29.9 Å². The molecule has 7 nitrogen and oxygen atoms in total. The average Bonchev–Trinajstić information content (AvgIpc) is 2.72. The molecule has 1 unspecified atom stereocenters. The quantitative estimate of drug-likeness (QED) is 0.221. The van der Waals surface area contributed by atoms with Crippen molar-refractivity contribution in [3.63, 3.8) is 0 Å². The molecule has 0 aromatic heterocycles. The summed E-state index contributed by atoms with van der Waals surface area (Å²) < 4.78 is 4.96. The number of aliphatic imine (C=N–C) groups is 1. The first kappa shape index (κ1) is 26.6. The molecule has 1 heterocycles. The van der Waals surface area contributed by atoms with E-state index in [0.717, 1.165) is 45.2 Å². The molecule has 170 valence electrons. The summed E-state index contributed by atoms with van der Waals surface area (Å²) in [4.78, 5) is 21.4. The first-order valence-electron chi connectivity index (χ1n) is 10.6. The fourth-order valence-corrected chi connectivity index (χ4v) is 3.32. The van der Waals surface area contributed by atoms with Crippen molar-refractivity contribution in [2.24, 2.45) is 4.99 Å². The van der Waals surface area contributed by atoms with Crippen LogP contribution in [0.5, 0.6) is 0 Å². The van der Waals surface area contributed by atoms with Crippen molar-refractivity contribution in [1.82, 2.24) is 20.4 Å². The third kappa shape index (κ3) is 9.18. The number of rotatable bonds is 9. The summed E-state index contributed by atoms with van der Waals surface area (Å²) in [6.45, 7) is 13.0. The molecule has 30 heavy (non-hydrogen) atoms. The molecule has 0 radical (unpaired) electrons. The van der Waals surface area contributed by atoms with Crippen LogP contribution in [0, 0.1) is 6.92 Å². The molecule has 1 saturated heterocycles. The topological polar surface area (TPSA) is 69.2 Å². The normalized spacial score (nSPS) is 16.0. The number of hydrogen-bond acceptors (Lipinski definition) is 4. The van der Waals surface area contributed by atoms with Crippen LogP contribution >= 0.6 is 24.0 Å². The number of guanidine groups is 1. The van der Waals surface area contributed by atoms with Crippen LogP contribution in [0.4, 0.5) is 0 Å². The van der Waals surface area contributed by atoms with E-state index in [4.69, 9.17) is 9.73 Å². The summed E-state index contributed by atoms with van der Waals surface area (Å²) in [6, 6.07) is 8.70. The second kappa shape index (κ2) is 14.6. The Balaban J connectivity index is 0.00000450. The number of carbonyl (C=O) groups excluding carboxylic acids is 1. The first-order valence-corrected chi connectivity index (χ1v) is 10.6. The lowest BCUT2D eigenvalue weighted by Crippen LogP contribution is -2.54. The standard InChI is InChI=1S/C22H37N5O2.HI/c1-5-23-22(25-16-19(3)20-8-6-18(2)7-9-20)27-13-11-26(12-14-27)17-21(28)24-10-15-29-4;/h6-9,19H,5,10-17H2,1-4H3,(H,23,25)(H,24,28);1H. The summed E-state index contributed by atoms with van der Waals surface area (Å²) in [5.41, 5.74) is 2.60. The highest BCUT2D eigenvalue weighted by atomic mass is 127. The molecule has 0 aliphatic carbocycles. The minimum absolute atomic E-state index is 0. The molecule has 8 heteroatoms. The minimum atomic E-state index is 0. The third-order valence-electron chi connectivity index (χ3n) is 5.16. The van der Waals surface area contributed by atoms with Gasteiger partial charge in [-0.05, 0) is 19.4 Å². The van der Waals surface area contributed by atoms with Gasteiger partial charge in [0.15, 0.2) is 5.96 Å². The Hall–Kier alpha value is -1.39. The molecule has 1 aliphatic heterocycles. The SMILES string of the molecule is CCNC(=NCC(C)c1ccc(C)cc1)N1CCN(CC(=O)NCCOC)CC1.I. The van der Waals surface area contributed by atoms with E-state index >= 15 is 0 Å². The summed E-state index contributed by atoms with van der Waals surface area (Å²) in [5.74, 6) is 1.40. The number of nitrogens with zero attached hydrogens (tertiary/aromatic N) is 3. The van der Waals surface area contributed by atoms with Gasteiger partial charge in [0.1, 0.15) is 0 Å². The summed E-state index contributed by atoms with van der Waals surface area (Å²) in [6.07, 6.45) is 0. The van der Waals surface area contributed by atoms with Crippen molar-refractivity contribution in [3.8, 4) is 0 Å². The maximum Gasteiger partial charge on any atom is 0.234 e. The molecule has 2 rings (SSSR count). The zero-order chi connectivity index (χ0) is 21.1. The van der Waals surface area contributed by atoms with E-state index in [2.05, 4.69) is 65.5 Å². The molecule has 0 bridgehead atoms. The van der Waals surface area contributed by atoms with Crippen LogP contribution in [0.3, 0.4) is 0 Å². The lowest BCUT2D eigenvalue weighted by atomic mass is 10.0. The van der Waals surface area contributed by atoms with Gasteiger partial charge in [0.2, 0.25) is 5.91 Å². The second-order valence-corrected chi connectivity index (χ2v) is 7.61. The Bertz CT molecular complexity index is 645. The van der Waals surface area contributed by atoms with Crippen LogP contribution < -0.4 is 10.6 Å². The number of halogens is 1. The number of methoxy groups -OCH3 is 1. The maximum atomic E-state index is 12.0. The van der Waals surface area contributed by atoms with Crippen LogP contribution in [0.2, 0.25) is 0 Å². The van der Waals surface area contributed by atoms with E-state index in [1.54, 1.807) is 7.11 Å². The number of hydrogen-bond donors (Lipinski definition) is 2. The number of aryl methyl sites for hydroxylation is 1. The predicted octanol–water partition coefficient (Wildman–Crippen LogP) is 2.06. The van der Waals surface area contributed by atoms with Crippen molar-refractivity contribution in [3.05, 3.63) is 35.4 Å². The molecule has 1 aromatic rings. The molecule has 2 N–H and O–H groups in total. The van der Waals surface area contributed by atoms with Gasteiger partial charge in [0, 0.05) is 58.8 Å². The summed E-state index contributed by atoms with van der Waals surface area (Å²) in [7, 11) is 1.64. The Morgan fingerprint density at radius 2 is 1.83 bits per heavy atom. The predicted molar refractivity (Wildman–Crippen MR) is 134 cm³/mol. The zero-order valence-electron chi connectivity index (χ0n) is 18.8. The van der Waals surface area contributed by atoms with E-state index in [1.165, 1.54) is 11.1 Å². The summed E-state index contributed by atoms with van der Waals surface area (Å²) >= 11 is 0. The van der Waals surface area contributed by atoms with Gasteiger partial charge in [-0.15, -0.1) is 24.0 Å². The molecule has 1 aromatic carbocycles. The number of amides is 1. The van der Waals surface area contributed by atoms with Crippen molar-refractivity contribution >= 4 is 35.8 Å². The lowest BCUT2D eigenvalue weighted by molar-refractivity contribution is -0.122. The van der Waals surface area contributed by atoms with Gasteiger partial charge in [-0.25, -0.2) is 0 Å². The number of nitrogens with one attached hydrogen (secondary N) is 2. The molecule has 0 spiro atoms. The Morgan fingerprint density at radius 3 is 2.43 bits per heavy atom. The monoisotopic (exact) mass is 531 g/mol. The zero-order valence-corrected chi connectivity index (χ0v) is 21.1. The second-order valence-electron chi connectivity index (χ2n) is 7.61. The van der Waals surface area contributed by atoms with E-state index in [9.17, 15) is 4.79 Å². The van der Waals surface area contributed by atoms with Gasteiger partial charge < -0.3 is 20.3 Å². The maximum absolute atomic E-state index is 12.0. The number of ether oxygens (including phenoxy) is 1. The first-order chi connectivity index (χ1) is 14.0. The van der Waals surface area contributed by atoms with Gasteiger partial charge in [0.05, 0.1) is 13.2 Å². The third-order valence-corrected chi connectivity index (χ3v) is 5.16. The smallest absolute Gasteiger partial charge is 0.234 e. The number of piperazine rings is 1. The molecule has 1 fully saturated rings. The van der Waals surface area contributed by atoms with E-state index in [0.29, 0.717) is 25.6 Å². The lowest BCUT2D eigenvalue weighted by Gasteiger charge is -2.36. The highest BCUT2D eigenvalue weighted by Crippen LogP contribution is 2.16. The van der Waals surface area contributed by atoms with Gasteiger partial charge >= 0.3 is 0 Å². The number of benzene rings is 1. The molecule has 1 atom stereocenters. The van der Waals surface area contributed by atoms with Crippen LogP contribution in [-0.2, 0) is 9.53 Å². The summed E-state index contributed by atoms with van der Waals surface area (Å²) in [5, 5.41) is 6.30. The minimum Gasteiger partial charge on any atom is -0.383 e. The van der Waals surface area contributed by atoms with Crippen molar-refractivity contribution in [2.75, 3.05) is 66.1 Å². The Labute approximate surface area is 198 Å². The largest absolute Gasteiger partial charge is 0.383 e. The van der Waals surface area contributed by atoms with Gasteiger partial charge in [0.25, 0.3) is 0 Å². The van der Waals surface area contributed by atoms with Crippen LogP contribution in [-0.4, -0.2) is 87.7 Å². The van der Waals surface area contributed by atoms with Gasteiger partial charge in [-0.3, -0.25) is 14.7 Å². The molecular formula is C22H38IN5O2. The molecule has 0 saturated carbocycles. The van der Waals surface area contributed by atoms with E-state index < -0.39 is 0 Å². The van der Waals surface area contributed by atoms with E-state index in [1.807, 2.05) is 0 Å². The van der Waals surface area contributed by atoms with Gasteiger partial charge in [-0.2, -0.15) is 0 Å². The molecule has 1 amide bonds.